The molecule has 0 aliphatic rings. The van der Waals surface area contributed by atoms with Gasteiger partial charge in [0.25, 0.3) is 0 Å². The van der Waals surface area contributed by atoms with Crippen molar-refractivity contribution in [2.24, 2.45) is 0 Å². The third kappa shape index (κ3) is 5.43. The summed E-state index contributed by atoms with van der Waals surface area (Å²) < 4.78 is 12.8. The van der Waals surface area contributed by atoms with Gasteiger partial charge in [0, 0.05) is 23.5 Å². The monoisotopic (exact) mass is 315 g/mol. The topological polar surface area (TPSA) is 70.2 Å². The molecule has 0 bridgehead atoms. The molecule has 2 amide bonds. The van der Waals surface area contributed by atoms with Gasteiger partial charge in [-0.3, -0.25) is 9.59 Å². The van der Waals surface area contributed by atoms with Gasteiger partial charge in [0.05, 0.1) is 6.54 Å². The van der Waals surface area contributed by atoms with Gasteiger partial charge >= 0.3 is 0 Å². The number of nitrogens with one attached hydrogen (secondary N) is 3. The Kier molecular flexibility index (Phi) is 5.68. The summed E-state index contributed by atoms with van der Waals surface area (Å²) in [6, 6.07) is 12.6. The Balaban J connectivity index is 1.82. The van der Waals surface area contributed by atoms with Crippen LogP contribution in [0.25, 0.3) is 0 Å². The number of halogens is 1. The van der Waals surface area contributed by atoms with Crippen LogP contribution in [0.5, 0.6) is 0 Å². The number of carbonyl (C=O) groups excluding carboxylic acids is 2. The Morgan fingerprint density at radius 1 is 0.826 bits per heavy atom. The highest BCUT2D eigenvalue weighted by Crippen LogP contribution is 2.14. The molecule has 0 aliphatic carbocycles. The Hall–Kier alpha value is -2.89. The standard InChI is InChI=1S/C17H18FN3O2/c1-2-16(22)20-15-9-7-13(8-10-15)19-11-17(23)21-14-5-3-12(18)4-6-14/h3-10,19H,2,11H2,1H3,(H,20,22)(H,21,23). The van der Waals surface area contributed by atoms with E-state index in [4.69, 9.17) is 0 Å². The molecule has 3 N–H and O–H groups in total. The van der Waals surface area contributed by atoms with E-state index in [2.05, 4.69) is 16.0 Å². The van der Waals surface area contributed by atoms with Crippen molar-refractivity contribution in [2.75, 3.05) is 22.5 Å². The zero-order chi connectivity index (χ0) is 16.7. The van der Waals surface area contributed by atoms with Crippen molar-refractivity contribution in [3.8, 4) is 0 Å². The van der Waals surface area contributed by atoms with Crippen LogP contribution >= 0.6 is 0 Å². The zero-order valence-corrected chi connectivity index (χ0v) is 12.7. The van der Waals surface area contributed by atoms with E-state index < -0.39 is 0 Å². The summed E-state index contributed by atoms with van der Waals surface area (Å²) in [7, 11) is 0. The van der Waals surface area contributed by atoms with Crippen LogP contribution < -0.4 is 16.0 Å². The average Bonchev–Trinajstić information content (AvgIpc) is 2.56. The van der Waals surface area contributed by atoms with Crippen LogP contribution in [0.3, 0.4) is 0 Å². The summed E-state index contributed by atoms with van der Waals surface area (Å²) in [6.07, 6.45) is 0.420. The van der Waals surface area contributed by atoms with Gasteiger partial charge in [-0.15, -0.1) is 0 Å². The normalized spacial score (nSPS) is 10.0. The molecule has 0 aromatic heterocycles. The molecule has 23 heavy (non-hydrogen) atoms. The Morgan fingerprint density at radius 2 is 1.30 bits per heavy atom. The van der Waals surface area contributed by atoms with Crippen LogP contribution in [0.4, 0.5) is 21.5 Å². The van der Waals surface area contributed by atoms with Crippen LogP contribution in [0.2, 0.25) is 0 Å². The minimum Gasteiger partial charge on any atom is -0.376 e. The molecule has 0 atom stereocenters. The number of hydrogen-bond donors (Lipinski definition) is 3. The molecule has 120 valence electrons. The van der Waals surface area contributed by atoms with Crippen LogP contribution in [0, 0.1) is 5.82 Å². The molecule has 0 aliphatic heterocycles. The molecular weight excluding hydrogens is 297 g/mol. The third-order valence-electron chi connectivity index (χ3n) is 3.07. The van der Waals surface area contributed by atoms with Gasteiger partial charge in [-0.1, -0.05) is 6.92 Å². The Bertz CT molecular complexity index is 669. The quantitative estimate of drug-likeness (QED) is 0.766. The first kappa shape index (κ1) is 16.5. The van der Waals surface area contributed by atoms with Gasteiger partial charge in [-0.25, -0.2) is 4.39 Å². The minimum absolute atomic E-state index is 0.0515. The van der Waals surface area contributed by atoms with E-state index in [-0.39, 0.29) is 24.2 Å². The highest BCUT2D eigenvalue weighted by atomic mass is 19.1. The van der Waals surface area contributed by atoms with Crippen LogP contribution in [0.1, 0.15) is 13.3 Å². The lowest BCUT2D eigenvalue weighted by molar-refractivity contribution is -0.116. The lowest BCUT2D eigenvalue weighted by atomic mass is 10.2. The van der Waals surface area contributed by atoms with Crippen molar-refractivity contribution in [2.45, 2.75) is 13.3 Å². The van der Waals surface area contributed by atoms with Crippen molar-refractivity contribution in [1.82, 2.24) is 0 Å². The highest BCUT2D eigenvalue weighted by Gasteiger charge is 2.03. The molecule has 2 aromatic rings. The molecule has 0 unspecified atom stereocenters. The Labute approximate surface area is 133 Å². The van der Waals surface area contributed by atoms with Crippen molar-refractivity contribution in [3.63, 3.8) is 0 Å². The molecule has 5 nitrogen and oxygen atoms in total. The van der Waals surface area contributed by atoms with Gasteiger partial charge in [0.2, 0.25) is 11.8 Å². The second-order valence-corrected chi connectivity index (χ2v) is 4.89. The first-order valence-electron chi connectivity index (χ1n) is 7.26. The summed E-state index contributed by atoms with van der Waals surface area (Å²) in [5.41, 5.74) is 2.00. The SMILES string of the molecule is CCC(=O)Nc1ccc(NCC(=O)Nc2ccc(F)cc2)cc1. The first-order chi connectivity index (χ1) is 11.1. The summed E-state index contributed by atoms with van der Waals surface area (Å²) in [5, 5.41) is 8.38. The predicted molar refractivity (Wildman–Crippen MR) is 88.9 cm³/mol. The van der Waals surface area contributed by atoms with E-state index in [1.54, 1.807) is 31.2 Å². The maximum atomic E-state index is 12.8. The highest BCUT2D eigenvalue weighted by molar-refractivity contribution is 5.94. The average molecular weight is 315 g/mol. The fourth-order valence-corrected chi connectivity index (χ4v) is 1.84. The second-order valence-electron chi connectivity index (χ2n) is 4.89. The Morgan fingerprint density at radius 3 is 1.87 bits per heavy atom. The van der Waals surface area contributed by atoms with Crippen molar-refractivity contribution in [3.05, 3.63) is 54.3 Å². The smallest absolute Gasteiger partial charge is 0.243 e. The van der Waals surface area contributed by atoms with Crippen molar-refractivity contribution >= 4 is 28.9 Å². The lowest BCUT2D eigenvalue weighted by Gasteiger charge is -2.09. The molecule has 0 radical (unpaired) electrons. The third-order valence-corrected chi connectivity index (χ3v) is 3.07. The van der Waals surface area contributed by atoms with Gasteiger partial charge in [-0.2, -0.15) is 0 Å². The summed E-state index contributed by atoms with van der Waals surface area (Å²) in [6.45, 7) is 1.86. The van der Waals surface area contributed by atoms with E-state index in [9.17, 15) is 14.0 Å². The van der Waals surface area contributed by atoms with Crippen LogP contribution in [-0.2, 0) is 9.59 Å². The summed E-state index contributed by atoms with van der Waals surface area (Å²) in [5.74, 6) is -0.638. The van der Waals surface area contributed by atoms with E-state index >= 15 is 0 Å². The van der Waals surface area contributed by atoms with Gasteiger partial charge in [0.1, 0.15) is 5.82 Å². The summed E-state index contributed by atoms with van der Waals surface area (Å²) in [4.78, 5) is 23.1. The molecule has 6 heteroatoms. The number of benzene rings is 2. The first-order valence-corrected chi connectivity index (χ1v) is 7.26. The lowest BCUT2D eigenvalue weighted by Crippen LogP contribution is -2.21. The summed E-state index contributed by atoms with van der Waals surface area (Å²) >= 11 is 0. The number of rotatable bonds is 6. The molecule has 0 fully saturated rings. The predicted octanol–water partition coefficient (Wildman–Crippen LogP) is 3.22. The number of hydrogen-bond acceptors (Lipinski definition) is 3. The molecule has 0 heterocycles. The molecular formula is C17H18FN3O2. The largest absolute Gasteiger partial charge is 0.376 e. The van der Waals surface area contributed by atoms with Crippen LogP contribution in [0.15, 0.2) is 48.5 Å². The van der Waals surface area contributed by atoms with E-state index in [1.807, 2.05) is 0 Å². The zero-order valence-electron chi connectivity index (χ0n) is 12.7. The van der Waals surface area contributed by atoms with Gasteiger partial charge in [-0.05, 0) is 48.5 Å². The molecule has 0 saturated heterocycles. The van der Waals surface area contributed by atoms with Crippen LogP contribution in [-0.4, -0.2) is 18.4 Å². The molecule has 0 spiro atoms. The molecule has 0 saturated carbocycles. The second kappa shape index (κ2) is 7.93. The number of carbonyl (C=O) groups is 2. The van der Waals surface area contributed by atoms with E-state index in [1.165, 1.54) is 24.3 Å². The molecule has 2 aromatic carbocycles. The minimum atomic E-state index is -0.351. The fraction of sp³-hybridized carbons (Fsp3) is 0.176. The fourth-order valence-electron chi connectivity index (χ4n) is 1.84. The van der Waals surface area contributed by atoms with Crippen molar-refractivity contribution < 1.29 is 14.0 Å². The van der Waals surface area contributed by atoms with Gasteiger partial charge < -0.3 is 16.0 Å². The van der Waals surface area contributed by atoms with E-state index in [0.717, 1.165) is 5.69 Å². The number of amides is 2. The number of anilines is 3. The van der Waals surface area contributed by atoms with Crippen molar-refractivity contribution in [1.29, 1.82) is 0 Å². The maximum Gasteiger partial charge on any atom is 0.243 e. The van der Waals surface area contributed by atoms with E-state index in [0.29, 0.717) is 17.8 Å². The maximum absolute atomic E-state index is 12.8. The van der Waals surface area contributed by atoms with Gasteiger partial charge in [0.15, 0.2) is 0 Å². The molecule has 2 rings (SSSR count).